The molecule has 3 rings (SSSR count). The Morgan fingerprint density at radius 1 is 1.04 bits per heavy atom. The number of rotatable bonds is 2. The van der Waals surface area contributed by atoms with Crippen molar-refractivity contribution in [2.45, 2.75) is 13.1 Å². The second-order valence-corrected chi connectivity index (χ2v) is 5.34. The molecule has 0 radical (unpaired) electrons. The molecule has 3 aromatic rings. The minimum absolute atomic E-state index is 0.108. The van der Waals surface area contributed by atoms with Crippen molar-refractivity contribution in [3.05, 3.63) is 70.5 Å². The number of hydrogen-bond acceptors (Lipinski definition) is 3. The number of benzene rings is 2. The molecule has 0 bridgehead atoms. The molecule has 0 aliphatic rings. The first-order valence-electron chi connectivity index (χ1n) is 7.28. The lowest BCUT2D eigenvalue weighted by molar-refractivity contribution is -0.137. The summed E-state index contributed by atoms with van der Waals surface area (Å²) in [6.07, 6.45) is -4.45. The molecule has 0 saturated carbocycles. The van der Waals surface area contributed by atoms with Crippen molar-refractivity contribution in [2.24, 2.45) is 0 Å². The monoisotopic (exact) mass is 347 g/mol. The van der Waals surface area contributed by atoms with E-state index in [-0.39, 0.29) is 11.4 Å². The van der Waals surface area contributed by atoms with Crippen LogP contribution >= 0.6 is 0 Å². The van der Waals surface area contributed by atoms with Gasteiger partial charge in [-0.25, -0.2) is 0 Å². The van der Waals surface area contributed by atoms with Gasteiger partial charge in [0.05, 0.1) is 11.1 Å². The maximum atomic E-state index is 12.7. The van der Waals surface area contributed by atoms with Crippen LogP contribution in [-0.2, 0) is 11.0 Å². The van der Waals surface area contributed by atoms with Gasteiger partial charge in [-0.15, -0.1) is 0 Å². The molecule has 7 heteroatoms. The molecule has 0 fully saturated rings. The lowest BCUT2D eigenvalue weighted by Gasteiger charge is -2.14. The normalized spacial score (nSPS) is 11.5. The third-order valence-electron chi connectivity index (χ3n) is 3.59. The molecule has 1 heterocycles. The fourth-order valence-electron chi connectivity index (χ4n) is 2.56. The Morgan fingerprint density at radius 3 is 2.28 bits per heavy atom. The van der Waals surface area contributed by atoms with E-state index in [0.717, 1.165) is 18.2 Å². The molecule has 4 nitrogen and oxygen atoms in total. The van der Waals surface area contributed by atoms with Gasteiger partial charge in [0.2, 0.25) is 0 Å². The van der Waals surface area contributed by atoms with Gasteiger partial charge in [0.1, 0.15) is 5.75 Å². The van der Waals surface area contributed by atoms with Crippen molar-refractivity contribution in [3.8, 4) is 11.4 Å². The topological polar surface area (TPSA) is 48.3 Å². The summed E-state index contributed by atoms with van der Waals surface area (Å²) >= 11 is 0. The van der Waals surface area contributed by atoms with E-state index >= 15 is 0 Å². The van der Waals surface area contributed by atoms with E-state index in [1.807, 2.05) is 0 Å². The Balaban J connectivity index is 2.22. The molecule has 1 aromatic heterocycles. The molecule has 0 amide bonds. The zero-order valence-corrected chi connectivity index (χ0v) is 13.0. The number of pyridine rings is 1. The van der Waals surface area contributed by atoms with Gasteiger partial charge in [0.15, 0.2) is 0 Å². The minimum Gasteiger partial charge on any atom is -0.426 e. The molecule has 0 aliphatic heterocycles. The van der Waals surface area contributed by atoms with E-state index in [0.29, 0.717) is 10.9 Å². The van der Waals surface area contributed by atoms with Gasteiger partial charge in [-0.3, -0.25) is 14.2 Å². The van der Waals surface area contributed by atoms with Crippen LogP contribution in [0.4, 0.5) is 13.2 Å². The van der Waals surface area contributed by atoms with Crippen LogP contribution in [0.25, 0.3) is 16.6 Å². The smallest absolute Gasteiger partial charge is 0.416 e. The van der Waals surface area contributed by atoms with E-state index in [4.69, 9.17) is 4.74 Å². The summed E-state index contributed by atoms with van der Waals surface area (Å²) in [4.78, 5) is 23.7. The molecular formula is C18H12F3NO3. The fraction of sp³-hybridized carbons (Fsp3) is 0.111. The molecule has 0 N–H and O–H groups in total. The largest absolute Gasteiger partial charge is 0.426 e. The van der Waals surface area contributed by atoms with Crippen LogP contribution in [0.15, 0.2) is 59.4 Å². The van der Waals surface area contributed by atoms with Crippen LogP contribution in [0.5, 0.6) is 5.75 Å². The highest BCUT2D eigenvalue weighted by Gasteiger charge is 2.30. The molecular weight excluding hydrogens is 335 g/mol. The standard InChI is InChI=1S/C18H12F3NO3/c1-11(23)25-16-10-17(24)22(15-5-3-2-4-14(15)16)13-8-6-12(7-9-13)18(19,20)21/h2-10H,1H3. The van der Waals surface area contributed by atoms with Gasteiger partial charge in [-0.05, 0) is 36.4 Å². The molecule has 0 saturated heterocycles. The summed E-state index contributed by atoms with van der Waals surface area (Å²) in [5.41, 5.74) is -0.616. The number of alkyl halides is 3. The predicted molar refractivity (Wildman–Crippen MR) is 85.9 cm³/mol. The minimum atomic E-state index is -4.45. The average molecular weight is 347 g/mol. The number of aromatic nitrogens is 1. The molecule has 0 aliphatic carbocycles. The number of carbonyl (C=O) groups excluding carboxylic acids is 1. The second kappa shape index (κ2) is 6.08. The summed E-state index contributed by atoms with van der Waals surface area (Å²) in [7, 11) is 0. The number of ether oxygens (including phenoxy) is 1. The fourth-order valence-corrected chi connectivity index (χ4v) is 2.56. The van der Waals surface area contributed by atoms with Crippen molar-refractivity contribution in [1.82, 2.24) is 4.57 Å². The Kier molecular flexibility index (Phi) is 4.08. The van der Waals surface area contributed by atoms with Crippen LogP contribution < -0.4 is 10.3 Å². The number of esters is 1. The van der Waals surface area contributed by atoms with Gasteiger partial charge in [-0.2, -0.15) is 13.2 Å². The maximum Gasteiger partial charge on any atom is 0.416 e. The predicted octanol–water partition coefficient (Wildman–Crippen LogP) is 3.93. The Hall–Kier alpha value is -3.09. The lowest BCUT2D eigenvalue weighted by Crippen LogP contribution is -2.19. The van der Waals surface area contributed by atoms with Crippen LogP contribution in [0.1, 0.15) is 12.5 Å². The van der Waals surface area contributed by atoms with Gasteiger partial charge in [0, 0.05) is 24.1 Å². The molecule has 0 spiro atoms. The number of hydrogen-bond donors (Lipinski definition) is 0. The average Bonchev–Trinajstić information content (AvgIpc) is 2.54. The van der Waals surface area contributed by atoms with E-state index in [1.165, 1.54) is 23.6 Å². The lowest BCUT2D eigenvalue weighted by atomic mass is 10.1. The second-order valence-electron chi connectivity index (χ2n) is 5.34. The van der Waals surface area contributed by atoms with Crippen LogP contribution in [0.3, 0.4) is 0 Å². The van der Waals surface area contributed by atoms with Crippen molar-refractivity contribution in [3.63, 3.8) is 0 Å². The Labute approximate surface area is 140 Å². The number of fused-ring (bicyclic) bond motifs is 1. The summed E-state index contributed by atoms with van der Waals surface area (Å²) in [5, 5.41) is 0.497. The zero-order valence-electron chi connectivity index (χ0n) is 13.0. The third-order valence-corrected chi connectivity index (χ3v) is 3.59. The van der Waals surface area contributed by atoms with Gasteiger partial charge in [0.25, 0.3) is 5.56 Å². The van der Waals surface area contributed by atoms with E-state index in [9.17, 15) is 22.8 Å². The SMILES string of the molecule is CC(=O)Oc1cc(=O)n(-c2ccc(C(F)(F)F)cc2)c2ccccc12. The summed E-state index contributed by atoms with van der Waals surface area (Å²) in [5.74, 6) is -0.465. The maximum absolute atomic E-state index is 12.7. The van der Waals surface area contributed by atoms with E-state index in [2.05, 4.69) is 0 Å². The van der Waals surface area contributed by atoms with Crippen LogP contribution in [-0.4, -0.2) is 10.5 Å². The summed E-state index contributed by atoms with van der Waals surface area (Å²) in [6, 6.07) is 12.1. The third kappa shape index (κ3) is 3.26. The first-order chi connectivity index (χ1) is 11.8. The number of para-hydroxylation sites is 1. The zero-order chi connectivity index (χ0) is 18.2. The Morgan fingerprint density at radius 2 is 1.68 bits per heavy atom. The van der Waals surface area contributed by atoms with Crippen LogP contribution in [0, 0.1) is 0 Å². The van der Waals surface area contributed by atoms with Gasteiger partial charge >= 0.3 is 12.1 Å². The molecule has 128 valence electrons. The van der Waals surface area contributed by atoms with E-state index < -0.39 is 23.3 Å². The van der Waals surface area contributed by atoms with Crippen molar-refractivity contribution < 1.29 is 22.7 Å². The number of nitrogens with zero attached hydrogens (tertiary/aromatic N) is 1. The Bertz CT molecular complexity index is 1000. The molecule has 2 aromatic carbocycles. The highest BCUT2D eigenvalue weighted by molar-refractivity contribution is 5.88. The van der Waals surface area contributed by atoms with Crippen molar-refractivity contribution >= 4 is 16.9 Å². The van der Waals surface area contributed by atoms with Crippen molar-refractivity contribution in [1.29, 1.82) is 0 Å². The number of carbonyl (C=O) groups is 1. The van der Waals surface area contributed by atoms with Crippen LogP contribution in [0.2, 0.25) is 0 Å². The molecule has 0 unspecified atom stereocenters. The van der Waals surface area contributed by atoms with Crippen molar-refractivity contribution in [2.75, 3.05) is 0 Å². The molecule has 25 heavy (non-hydrogen) atoms. The summed E-state index contributed by atoms with van der Waals surface area (Å²) in [6.45, 7) is 1.22. The summed E-state index contributed by atoms with van der Waals surface area (Å²) < 4.78 is 44.5. The van der Waals surface area contributed by atoms with Gasteiger partial charge < -0.3 is 4.74 Å². The highest BCUT2D eigenvalue weighted by atomic mass is 19.4. The van der Waals surface area contributed by atoms with Gasteiger partial charge in [-0.1, -0.05) is 12.1 Å². The first-order valence-corrected chi connectivity index (χ1v) is 7.28. The van der Waals surface area contributed by atoms with E-state index in [1.54, 1.807) is 24.3 Å². The highest BCUT2D eigenvalue weighted by Crippen LogP contribution is 2.30. The quantitative estimate of drug-likeness (QED) is 0.660. The number of halogens is 3. The molecule has 0 atom stereocenters. The first kappa shape index (κ1) is 16.8.